The molecule has 122 valence electrons. The molecule has 0 spiro atoms. The Balaban J connectivity index is 1.73. The minimum atomic E-state index is -0.106. The summed E-state index contributed by atoms with van der Waals surface area (Å²) in [4.78, 5) is 0. The van der Waals surface area contributed by atoms with Crippen molar-refractivity contribution in [1.29, 1.82) is 0 Å². The lowest BCUT2D eigenvalue weighted by Crippen LogP contribution is -2.15. The lowest BCUT2D eigenvalue weighted by Gasteiger charge is -2.18. The molecule has 1 N–H and O–H groups in total. The molecule has 0 bridgehead atoms. The summed E-state index contributed by atoms with van der Waals surface area (Å²) in [5.74, 6) is 1.62. The molecule has 1 aliphatic rings. The number of fused-ring (bicyclic) bond motifs is 1. The van der Waals surface area contributed by atoms with Crippen LogP contribution >= 0.6 is 23.2 Å². The molecule has 2 heterocycles. The number of phenols is 1. The van der Waals surface area contributed by atoms with Crippen LogP contribution in [0.4, 0.5) is 0 Å². The number of aromatic nitrogens is 1. The Morgan fingerprint density at radius 2 is 1.75 bits per heavy atom. The molecule has 5 nitrogen and oxygen atoms in total. The van der Waals surface area contributed by atoms with Gasteiger partial charge < -0.3 is 19.1 Å². The maximum absolute atomic E-state index is 10.1. The predicted octanol–water partition coefficient (Wildman–Crippen LogP) is 4.79. The number of rotatable bonds is 2. The summed E-state index contributed by atoms with van der Waals surface area (Å²) in [5, 5.41) is 14.7. The summed E-state index contributed by atoms with van der Waals surface area (Å²) in [6, 6.07) is 10.2. The van der Waals surface area contributed by atoms with Crippen molar-refractivity contribution < 1.29 is 19.1 Å². The van der Waals surface area contributed by atoms with E-state index in [1.165, 1.54) is 6.07 Å². The molecule has 1 aliphatic heterocycles. The zero-order valence-corrected chi connectivity index (χ0v) is 13.8. The molecule has 0 unspecified atom stereocenters. The van der Waals surface area contributed by atoms with Crippen LogP contribution in [0, 0.1) is 0 Å². The number of hydrogen-bond acceptors (Lipinski definition) is 5. The van der Waals surface area contributed by atoms with Gasteiger partial charge in [0.2, 0.25) is 0 Å². The summed E-state index contributed by atoms with van der Waals surface area (Å²) in [6.45, 7) is 1.05. The van der Waals surface area contributed by atoms with Crippen LogP contribution < -0.4 is 9.47 Å². The molecule has 3 aromatic rings. The summed E-state index contributed by atoms with van der Waals surface area (Å²) in [5.41, 5.74) is 1.78. The Bertz CT molecular complexity index is 923. The monoisotopic (exact) mass is 363 g/mol. The van der Waals surface area contributed by atoms with Crippen LogP contribution in [0.5, 0.6) is 17.2 Å². The third-order valence-electron chi connectivity index (χ3n) is 3.64. The van der Waals surface area contributed by atoms with E-state index in [-0.39, 0.29) is 10.8 Å². The molecule has 0 saturated heterocycles. The first-order chi connectivity index (χ1) is 11.6. The second-order valence-corrected chi connectivity index (χ2v) is 6.06. The highest BCUT2D eigenvalue weighted by Gasteiger charge is 2.17. The lowest BCUT2D eigenvalue weighted by atomic mass is 10.1. The maximum atomic E-state index is 10.1. The van der Waals surface area contributed by atoms with Crippen LogP contribution in [-0.4, -0.2) is 23.5 Å². The average molecular weight is 364 g/mol. The van der Waals surface area contributed by atoms with Crippen molar-refractivity contribution in [3.63, 3.8) is 0 Å². The molecule has 0 saturated carbocycles. The van der Waals surface area contributed by atoms with Gasteiger partial charge >= 0.3 is 0 Å². The molecular weight excluding hydrogens is 353 g/mol. The highest BCUT2D eigenvalue weighted by atomic mass is 35.5. The van der Waals surface area contributed by atoms with Gasteiger partial charge in [-0.25, -0.2) is 0 Å². The smallest absolute Gasteiger partial charge is 0.171 e. The van der Waals surface area contributed by atoms with Crippen molar-refractivity contribution >= 4 is 23.2 Å². The third-order valence-corrected chi connectivity index (χ3v) is 4.15. The van der Waals surface area contributed by atoms with Gasteiger partial charge in [0, 0.05) is 16.7 Å². The standard InChI is InChI=1S/C17H11Cl2NO4/c18-10-6-11(17(21)12(19)7-10)15-8-13(20-24-15)9-1-2-14-16(5-9)23-4-3-22-14/h1-2,5-8,21H,3-4H2. The van der Waals surface area contributed by atoms with Crippen molar-refractivity contribution in [2.75, 3.05) is 13.2 Å². The topological polar surface area (TPSA) is 64.7 Å². The van der Waals surface area contributed by atoms with Crippen molar-refractivity contribution in [2.24, 2.45) is 0 Å². The fourth-order valence-electron chi connectivity index (χ4n) is 2.49. The van der Waals surface area contributed by atoms with Crippen molar-refractivity contribution in [3.8, 4) is 39.8 Å². The van der Waals surface area contributed by atoms with Crippen LogP contribution in [0.25, 0.3) is 22.6 Å². The van der Waals surface area contributed by atoms with Crippen molar-refractivity contribution in [3.05, 3.63) is 46.4 Å². The maximum Gasteiger partial charge on any atom is 0.171 e. The van der Waals surface area contributed by atoms with Crippen LogP contribution in [0.1, 0.15) is 0 Å². The average Bonchev–Trinajstić information content (AvgIpc) is 3.07. The van der Waals surface area contributed by atoms with E-state index in [2.05, 4.69) is 5.16 Å². The Labute approximate surface area is 147 Å². The molecule has 7 heteroatoms. The Kier molecular flexibility index (Phi) is 3.75. The number of halogens is 2. The highest BCUT2D eigenvalue weighted by molar-refractivity contribution is 6.36. The van der Waals surface area contributed by atoms with Crippen molar-refractivity contribution in [1.82, 2.24) is 5.16 Å². The van der Waals surface area contributed by atoms with Crippen LogP contribution in [-0.2, 0) is 0 Å². The normalized spacial score (nSPS) is 13.1. The van der Waals surface area contributed by atoms with E-state index in [1.54, 1.807) is 12.1 Å². The first kappa shape index (κ1) is 15.2. The van der Waals surface area contributed by atoms with Gasteiger partial charge in [-0.05, 0) is 30.3 Å². The molecule has 2 aromatic carbocycles. The van der Waals surface area contributed by atoms with Crippen LogP contribution in [0.3, 0.4) is 0 Å². The molecule has 24 heavy (non-hydrogen) atoms. The van der Waals surface area contributed by atoms with E-state index >= 15 is 0 Å². The molecular formula is C17H11Cl2NO4. The summed E-state index contributed by atoms with van der Waals surface area (Å²) in [7, 11) is 0. The second-order valence-electron chi connectivity index (χ2n) is 5.22. The van der Waals surface area contributed by atoms with Gasteiger partial charge in [-0.3, -0.25) is 0 Å². The summed E-state index contributed by atoms with van der Waals surface area (Å²) < 4.78 is 16.4. The first-order valence-corrected chi connectivity index (χ1v) is 7.92. The predicted molar refractivity (Wildman–Crippen MR) is 90.0 cm³/mol. The van der Waals surface area contributed by atoms with E-state index in [4.69, 9.17) is 37.2 Å². The molecule has 1 aromatic heterocycles. The van der Waals surface area contributed by atoms with Crippen molar-refractivity contribution in [2.45, 2.75) is 0 Å². The lowest BCUT2D eigenvalue weighted by molar-refractivity contribution is 0.171. The SMILES string of the molecule is Oc1c(Cl)cc(Cl)cc1-c1cc(-c2ccc3c(c2)OCCO3)no1. The minimum absolute atomic E-state index is 0.106. The molecule has 0 fully saturated rings. The van der Waals surface area contributed by atoms with Gasteiger partial charge in [0.15, 0.2) is 17.3 Å². The zero-order chi connectivity index (χ0) is 16.7. The largest absolute Gasteiger partial charge is 0.506 e. The van der Waals surface area contributed by atoms with Gasteiger partial charge in [0.1, 0.15) is 24.7 Å². The number of benzene rings is 2. The van der Waals surface area contributed by atoms with E-state index in [0.717, 1.165) is 5.56 Å². The molecule has 0 radical (unpaired) electrons. The quantitative estimate of drug-likeness (QED) is 0.708. The number of aromatic hydroxyl groups is 1. The van der Waals surface area contributed by atoms with E-state index < -0.39 is 0 Å². The summed E-state index contributed by atoms with van der Waals surface area (Å²) in [6.07, 6.45) is 0. The Morgan fingerprint density at radius 3 is 2.58 bits per heavy atom. The van der Waals surface area contributed by atoms with E-state index in [1.807, 2.05) is 18.2 Å². The second kappa shape index (κ2) is 5.92. The Morgan fingerprint density at radius 1 is 0.958 bits per heavy atom. The first-order valence-electron chi connectivity index (χ1n) is 7.17. The fraction of sp³-hybridized carbons (Fsp3) is 0.118. The van der Waals surface area contributed by atoms with E-state index in [0.29, 0.717) is 46.8 Å². The Hall–Kier alpha value is -2.37. The van der Waals surface area contributed by atoms with Crippen LogP contribution in [0.2, 0.25) is 10.0 Å². The van der Waals surface area contributed by atoms with Gasteiger partial charge in [0.05, 0.1) is 10.6 Å². The molecule has 0 amide bonds. The van der Waals surface area contributed by atoms with Gasteiger partial charge in [-0.1, -0.05) is 28.4 Å². The van der Waals surface area contributed by atoms with Gasteiger partial charge in [-0.2, -0.15) is 0 Å². The number of phenolic OH excluding ortho intramolecular Hbond substituents is 1. The van der Waals surface area contributed by atoms with Gasteiger partial charge in [-0.15, -0.1) is 0 Å². The van der Waals surface area contributed by atoms with Gasteiger partial charge in [0.25, 0.3) is 0 Å². The van der Waals surface area contributed by atoms with E-state index in [9.17, 15) is 5.11 Å². The van der Waals surface area contributed by atoms with Crippen LogP contribution in [0.15, 0.2) is 40.9 Å². The minimum Gasteiger partial charge on any atom is -0.506 e. The molecule has 0 atom stereocenters. The molecule has 4 rings (SSSR count). The molecule has 0 aliphatic carbocycles. The highest BCUT2D eigenvalue weighted by Crippen LogP contribution is 2.40. The number of hydrogen-bond donors (Lipinski definition) is 1. The number of nitrogens with zero attached hydrogens (tertiary/aromatic N) is 1. The zero-order valence-electron chi connectivity index (χ0n) is 12.3. The fourth-order valence-corrected chi connectivity index (χ4v) is 2.99. The summed E-state index contributed by atoms with van der Waals surface area (Å²) >= 11 is 11.9. The third kappa shape index (κ3) is 2.66. The number of ether oxygens (including phenoxy) is 2.